The monoisotopic (exact) mass is 376 g/mol. The van der Waals surface area contributed by atoms with Crippen LogP contribution in [0.4, 0.5) is 0 Å². The summed E-state index contributed by atoms with van der Waals surface area (Å²) in [7, 11) is 0. The summed E-state index contributed by atoms with van der Waals surface area (Å²) in [5.41, 5.74) is -0.0980. The zero-order valence-electron chi connectivity index (χ0n) is 16.3. The van der Waals surface area contributed by atoms with Crippen molar-refractivity contribution in [2.75, 3.05) is 39.4 Å². The summed E-state index contributed by atoms with van der Waals surface area (Å²) in [5, 5.41) is 0. The molecule has 5 fully saturated rings. The van der Waals surface area contributed by atoms with E-state index in [-0.39, 0.29) is 34.9 Å². The number of rotatable bonds is 2. The molecule has 0 aromatic rings. The molecule has 0 unspecified atom stereocenters. The number of carbonyl (C=O) groups excluding carboxylic acids is 2. The molecule has 2 aliphatic heterocycles. The lowest BCUT2D eigenvalue weighted by atomic mass is 9.78. The Hall–Kier alpha value is -1.14. The first-order chi connectivity index (χ1) is 13.1. The molecule has 6 nitrogen and oxygen atoms in total. The molecule has 2 atom stereocenters. The zero-order valence-corrected chi connectivity index (χ0v) is 16.3. The Morgan fingerprint density at radius 2 is 1.19 bits per heavy atom. The van der Waals surface area contributed by atoms with Gasteiger partial charge in [-0.05, 0) is 57.8 Å². The zero-order chi connectivity index (χ0) is 18.5. The van der Waals surface area contributed by atoms with E-state index in [9.17, 15) is 9.59 Å². The van der Waals surface area contributed by atoms with Crippen LogP contribution in [0, 0.1) is 11.8 Å². The van der Waals surface area contributed by atoms with Crippen LogP contribution < -0.4 is 0 Å². The molecule has 0 radical (unpaired) electrons. The topological polar surface area (TPSA) is 59.1 Å². The van der Waals surface area contributed by atoms with Gasteiger partial charge in [-0.1, -0.05) is 0 Å². The molecule has 6 heteroatoms. The minimum atomic E-state index is -0.0490. The van der Waals surface area contributed by atoms with Gasteiger partial charge in [0.05, 0.1) is 24.4 Å². The van der Waals surface area contributed by atoms with Gasteiger partial charge < -0.3 is 19.3 Å². The minimum absolute atomic E-state index is 0.0212. The van der Waals surface area contributed by atoms with Gasteiger partial charge in [0.25, 0.3) is 0 Å². The number of hydrogen-bond donors (Lipinski definition) is 0. The van der Waals surface area contributed by atoms with E-state index in [1.807, 2.05) is 9.80 Å². The van der Waals surface area contributed by atoms with Crippen LogP contribution in [0.15, 0.2) is 0 Å². The van der Waals surface area contributed by atoms with E-state index >= 15 is 0 Å². The molecule has 5 aliphatic rings. The number of ether oxygens (including phenoxy) is 2. The fraction of sp³-hybridized carbons (Fsp3) is 0.905. The third-order valence-corrected chi connectivity index (χ3v) is 7.78. The molecule has 150 valence electrons. The Morgan fingerprint density at radius 1 is 0.741 bits per heavy atom. The highest BCUT2D eigenvalue weighted by Crippen LogP contribution is 2.41. The van der Waals surface area contributed by atoms with Crippen LogP contribution in [0.1, 0.15) is 57.8 Å². The van der Waals surface area contributed by atoms with Gasteiger partial charge in [0.1, 0.15) is 0 Å². The minimum Gasteiger partial charge on any atom is -0.371 e. The predicted molar refractivity (Wildman–Crippen MR) is 99.1 cm³/mol. The molecule has 27 heavy (non-hydrogen) atoms. The van der Waals surface area contributed by atoms with Crippen molar-refractivity contribution in [1.29, 1.82) is 0 Å². The fourth-order valence-corrected chi connectivity index (χ4v) is 5.76. The molecule has 0 aromatic carbocycles. The number of carbonyl (C=O) groups is 2. The second kappa shape index (κ2) is 6.73. The highest BCUT2D eigenvalue weighted by Gasteiger charge is 2.47. The second-order valence-electron chi connectivity index (χ2n) is 9.50. The molecule has 2 saturated heterocycles. The van der Waals surface area contributed by atoms with E-state index in [0.29, 0.717) is 26.3 Å². The maximum atomic E-state index is 13.1. The molecule has 3 aliphatic carbocycles. The van der Waals surface area contributed by atoms with Crippen molar-refractivity contribution in [1.82, 2.24) is 9.80 Å². The highest BCUT2D eigenvalue weighted by molar-refractivity contribution is 5.83. The average molecular weight is 376 g/mol. The summed E-state index contributed by atoms with van der Waals surface area (Å²) in [6, 6.07) is 0. The van der Waals surface area contributed by atoms with Crippen molar-refractivity contribution >= 4 is 11.8 Å². The number of hydrogen-bond acceptors (Lipinski definition) is 4. The van der Waals surface area contributed by atoms with E-state index in [2.05, 4.69) is 0 Å². The fourth-order valence-electron chi connectivity index (χ4n) is 5.76. The predicted octanol–water partition coefficient (Wildman–Crippen LogP) is 1.97. The van der Waals surface area contributed by atoms with Crippen LogP contribution in [-0.2, 0) is 19.1 Å². The molecular formula is C21H32N2O4. The van der Waals surface area contributed by atoms with Crippen LogP contribution in [0.2, 0.25) is 0 Å². The number of amides is 2. The summed E-state index contributed by atoms with van der Waals surface area (Å²) in [5.74, 6) is 0.565. The van der Waals surface area contributed by atoms with Gasteiger partial charge in [0, 0.05) is 38.0 Å². The summed E-state index contributed by atoms with van der Waals surface area (Å²) < 4.78 is 11.9. The first kappa shape index (κ1) is 17.9. The smallest absolute Gasteiger partial charge is 0.225 e. The summed E-state index contributed by atoms with van der Waals surface area (Å²) in [6.07, 6.45) is 9.20. The number of morpholine rings is 2. The van der Waals surface area contributed by atoms with Gasteiger partial charge in [-0.3, -0.25) is 9.59 Å². The third-order valence-electron chi connectivity index (χ3n) is 7.78. The highest BCUT2D eigenvalue weighted by atomic mass is 16.5. The molecule has 0 bridgehead atoms. The van der Waals surface area contributed by atoms with Crippen molar-refractivity contribution in [3.63, 3.8) is 0 Å². The maximum absolute atomic E-state index is 13.1. The van der Waals surface area contributed by atoms with Gasteiger partial charge in [-0.25, -0.2) is 0 Å². The van der Waals surface area contributed by atoms with Crippen molar-refractivity contribution in [2.24, 2.45) is 11.8 Å². The molecule has 0 aromatic heterocycles. The lowest BCUT2D eigenvalue weighted by Gasteiger charge is -2.49. The molecule has 0 N–H and O–H groups in total. The first-order valence-electron chi connectivity index (χ1n) is 10.9. The SMILES string of the molecule is O=C([C@@H]1CC[C@H](C(=O)N2CCOC3(CCC3)C2)C1)N1CCOC2(CCC2)C1. The average Bonchev–Trinajstić information content (AvgIpc) is 3.14. The van der Waals surface area contributed by atoms with Crippen LogP contribution in [0.25, 0.3) is 0 Å². The largest absolute Gasteiger partial charge is 0.371 e. The maximum Gasteiger partial charge on any atom is 0.225 e. The van der Waals surface area contributed by atoms with E-state index in [1.54, 1.807) is 0 Å². The van der Waals surface area contributed by atoms with Crippen LogP contribution in [0.5, 0.6) is 0 Å². The molecule has 3 saturated carbocycles. The van der Waals surface area contributed by atoms with Crippen molar-refractivity contribution in [3.8, 4) is 0 Å². The van der Waals surface area contributed by atoms with Gasteiger partial charge >= 0.3 is 0 Å². The van der Waals surface area contributed by atoms with Crippen LogP contribution in [-0.4, -0.2) is 72.2 Å². The van der Waals surface area contributed by atoms with E-state index < -0.39 is 0 Å². The normalized spacial score (nSPS) is 34.4. The molecule has 2 heterocycles. The lowest BCUT2D eigenvalue weighted by Crippen LogP contribution is -2.58. The number of nitrogens with zero attached hydrogens (tertiary/aromatic N) is 2. The Balaban J connectivity index is 1.17. The molecule has 2 amide bonds. The quantitative estimate of drug-likeness (QED) is 0.739. The van der Waals surface area contributed by atoms with Gasteiger partial charge in [-0.2, -0.15) is 0 Å². The van der Waals surface area contributed by atoms with E-state index in [1.165, 1.54) is 12.8 Å². The summed E-state index contributed by atoms with van der Waals surface area (Å²) in [6.45, 7) is 4.26. The van der Waals surface area contributed by atoms with E-state index in [4.69, 9.17) is 9.47 Å². The Morgan fingerprint density at radius 3 is 1.56 bits per heavy atom. The standard InChI is InChI=1S/C21H32N2O4/c24-18(22-9-11-26-20(14-22)5-1-6-20)16-3-4-17(13-16)19(25)23-10-12-27-21(15-23)7-2-8-21/h16-17H,1-15H2/t16-,17+. The summed E-state index contributed by atoms with van der Waals surface area (Å²) >= 11 is 0. The Labute approximate surface area is 161 Å². The second-order valence-corrected chi connectivity index (χ2v) is 9.50. The van der Waals surface area contributed by atoms with Crippen LogP contribution in [0.3, 0.4) is 0 Å². The Bertz CT molecular complexity index is 561. The van der Waals surface area contributed by atoms with Crippen molar-refractivity contribution in [2.45, 2.75) is 69.0 Å². The van der Waals surface area contributed by atoms with Crippen LogP contribution >= 0.6 is 0 Å². The lowest BCUT2D eigenvalue weighted by molar-refractivity contribution is -0.171. The molecule has 2 spiro atoms. The van der Waals surface area contributed by atoms with Gasteiger partial charge in [0.2, 0.25) is 11.8 Å². The molecule has 5 rings (SSSR count). The van der Waals surface area contributed by atoms with Gasteiger partial charge in [-0.15, -0.1) is 0 Å². The summed E-state index contributed by atoms with van der Waals surface area (Å²) in [4.78, 5) is 30.2. The third kappa shape index (κ3) is 3.19. The van der Waals surface area contributed by atoms with Crippen molar-refractivity contribution in [3.05, 3.63) is 0 Å². The first-order valence-corrected chi connectivity index (χ1v) is 10.9. The van der Waals surface area contributed by atoms with E-state index in [0.717, 1.165) is 58.0 Å². The van der Waals surface area contributed by atoms with Gasteiger partial charge in [0.15, 0.2) is 0 Å². The molecular weight excluding hydrogens is 344 g/mol. The van der Waals surface area contributed by atoms with Crippen molar-refractivity contribution < 1.29 is 19.1 Å². The Kier molecular flexibility index (Phi) is 4.47.